The highest BCUT2D eigenvalue weighted by Gasteiger charge is 2.32. The average molecular weight is 554 g/mol. The number of ether oxygens (including phenoxy) is 1. The van der Waals surface area contributed by atoms with Gasteiger partial charge in [0.15, 0.2) is 5.13 Å². The Balaban J connectivity index is 1.48. The SMILES string of the molecule is COc1ccc(C)c2sc(N(Cc3ccco3)C(=O)c3ccc(S(=O)(=O)N4CC(C)CC(C)C4)cc3)nc12. The molecule has 2 unspecified atom stereocenters. The molecule has 4 aromatic rings. The number of hydrogen-bond donors (Lipinski definition) is 0. The molecular formula is C28H31N3O5S2. The normalized spacial score (nSPS) is 18.5. The molecule has 1 aliphatic heterocycles. The van der Waals surface area contributed by atoms with Crippen molar-refractivity contribution in [3.63, 3.8) is 0 Å². The summed E-state index contributed by atoms with van der Waals surface area (Å²) >= 11 is 1.40. The van der Waals surface area contributed by atoms with Crippen molar-refractivity contribution in [1.82, 2.24) is 9.29 Å². The smallest absolute Gasteiger partial charge is 0.260 e. The van der Waals surface area contributed by atoms with Crippen LogP contribution < -0.4 is 9.64 Å². The number of piperidine rings is 1. The summed E-state index contributed by atoms with van der Waals surface area (Å²) in [5, 5.41) is 0.502. The molecule has 8 nitrogen and oxygen atoms in total. The van der Waals surface area contributed by atoms with E-state index in [0.717, 1.165) is 16.7 Å². The number of nitrogens with zero attached hydrogens (tertiary/aromatic N) is 3. The second-order valence-corrected chi connectivity index (χ2v) is 12.9. The fraction of sp³-hybridized carbons (Fsp3) is 0.357. The van der Waals surface area contributed by atoms with Gasteiger partial charge in [-0.2, -0.15) is 4.31 Å². The third-order valence-corrected chi connectivity index (χ3v) is 9.92. The first-order valence-corrected chi connectivity index (χ1v) is 14.8. The molecule has 0 radical (unpaired) electrons. The predicted octanol–water partition coefficient (Wildman–Crippen LogP) is 5.72. The first-order valence-electron chi connectivity index (χ1n) is 12.6. The van der Waals surface area contributed by atoms with Crippen molar-refractivity contribution in [2.45, 2.75) is 38.6 Å². The highest BCUT2D eigenvalue weighted by atomic mass is 32.2. The van der Waals surface area contributed by atoms with Crippen LogP contribution in [0.1, 0.15) is 41.9 Å². The number of aryl methyl sites for hydroxylation is 1. The summed E-state index contributed by atoms with van der Waals surface area (Å²) in [7, 11) is -2.05. The van der Waals surface area contributed by atoms with Gasteiger partial charge in [-0.25, -0.2) is 13.4 Å². The quantitative estimate of drug-likeness (QED) is 0.291. The number of furan rings is 1. The molecular weight excluding hydrogens is 522 g/mol. The van der Waals surface area contributed by atoms with Crippen LogP contribution in [0.4, 0.5) is 5.13 Å². The second kappa shape index (κ2) is 10.5. The van der Waals surface area contributed by atoms with Crippen molar-refractivity contribution in [3.8, 4) is 5.75 Å². The van der Waals surface area contributed by atoms with Crippen LogP contribution in [0.3, 0.4) is 0 Å². The molecule has 5 rings (SSSR count). The summed E-state index contributed by atoms with van der Waals surface area (Å²) in [6, 6.07) is 13.6. The molecule has 1 amide bonds. The largest absolute Gasteiger partial charge is 0.494 e. The molecule has 38 heavy (non-hydrogen) atoms. The van der Waals surface area contributed by atoms with Gasteiger partial charge in [0.1, 0.15) is 17.0 Å². The van der Waals surface area contributed by atoms with Gasteiger partial charge in [0, 0.05) is 18.7 Å². The second-order valence-electron chi connectivity index (χ2n) is 10.0. The number of amides is 1. The monoisotopic (exact) mass is 553 g/mol. The topological polar surface area (TPSA) is 92.9 Å². The number of methoxy groups -OCH3 is 1. The van der Waals surface area contributed by atoms with Crippen molar-refractivity contribution in [3.05, 3.63) is 71.7 Å². The molecule has 1 saturated heterocycles. The van der Waals surface area contributed by atoms with E-state index >= 15 is 0 Å². The number of carbonyl (C=O) groups is 1. The lowest BCUT2D eigenvalue weighted by atomic mass is 9.94. The number of sulfonamides is 1. The van der Waals surface area contributed by atoms with Crippen molar-refractivity contribution in [1.29, 1.82) is 0 Å². The Morgan fingerprint density at radius 1 is 1.13 bits per heavy atom. The maximum Gasteiger partial charge on any atom is 0.260 e. The summed E-state index contributed by atoms with van der Waals surface area (Å²) in [4.78, 5) is 20.3. The Bertz CT molecular complexity index is 1540. The average Bonchev–Trinajstić information content (AvgIpc) is 3.57. The number of aromatic nitrogens is 1. The molecule has 0 saturated carbocycles. The van der Waals surface area contributed by atoms with Crippen molar-refractivity contribution < 1.29 is 22.4 Å². The lowest BCUT2D eigenvalue weighted by Crippen LogP contribution is -2.42. The Labute approximate surface area is 226 Å². The molecule has 2 atom stereocenters. The molecule has 0 N–H and O–H groups in total. The summed E-state index contributed by atoms with van der Waals surface area (Å²) in [6.07, 6.45) is 2.58. The Morgan fingerprint density at radius 2 is 1.84 bits per heavy atom. The van der Waals surface area contributed by atoms with E-state index in [9.17, 15) is 13.2 Å². The zero-order valence-electron chi connectivity index (χ0n) is 21.9. The van der Waals surface area contributed by atoms with Crippen LogP contribution in [-0.2, 0) is 16.6 Å². The molecule has 3 heterocycles. The van der Waals surface area contributed by atoms with Crippen LogP contribution >= 0.6 is 11.3 Å². The predicted molar refractivity (Wildman–Crippen MR) is 148 cm³/mol. The maximum absolute atomic E-state index is 13.8. The first kappa shape index (κ1) is 26.4. The van der Waals surface area contributed by atoms with Gasteiger partial charge in [-0.05, 0) is 73.2 Å². The van der Waals surface area contributed by atoms with Gasteiger partial charge >= 0.3 is 0 Å². The van der Waals surface area contributed by atoms with E-state index < -0.39 is 10.0 Å². The molecule has 1 aliphatic rings. The molecule has 200 valence electrons. The van der Waals surface area contributed by atoms with Crippen LogP contribution in [0.2, 0.25) is 0 Å². The number of hydrogen-bond acceptors (Lipinski definition) is 7. The van der Waals surface area contributed by atoms with Crippen LogP contribution in [0.25, 0.3) is 10.2 Å². The molecule has 0 aliphatic carbocycles. The Kier molecular flexibility index (Phi) is 7.30. The van der Waals surface area contributed by atoms with Crippen LogP contribution in [-0.4, -0.2) is 43.8 Å². The van der Waals surface area contributed by atoms with Crippen molar-refractivity contribution in [2.24, 2.45) is 11.8 Å². The molecule has 2 aromatic heterocycles. The highest BCUT2D eigenvalue weighted by molar-refractivity contribution is 7.89. The van der Waals surface area contributed by atoms with Gasteiger partial charge in [-0.3, -0.25) is 9.69 Å². The van der Waals surface area contributed by atoms with Crippen molar-refractivity contribution in [2.75, 3.05) is 25.1 Å². The Morgan fingerprint density at radius 3 is 2.47 bits per heavy atom. The van der Waals surface area contributed by atoms with E-state index in [1.54, 1.807) is 46.8 Å². The van der Waals surface area contributed by atoms with Crippen molar-refractivity contribution >= 4 is 42.6 Å². The Hall–Kier alpha value is -3.21. The highest BCUT2D eigenvalue weighted by Crippen LogP contribution is 2.37. The number of anilines is 1. The van der Waals surface area contributed by atoms with E-state index in [-0.39, 0.29) is 17.3 Å². The minimum absolute atomic E-state index is 0.177. The summed E-state index contributed by atoms with van der Waals surface area (Å²) < 4.78 is 40.2. The standard InChI is InChI=1S/C28H31N3O5S2/c1-18-14-19(2)16-30(15-18)38(33,34)23-10-8-21(9-11-23)27(32)31(17-22-6-5-13-36-22)28-29-25-24(35-4)12-7-20(3)26(25)37-28/h5-13,18-19H,14-17H2,1-4H3. The lowest BCUT2D eigenvalue weighted by molar-refractivity contribution is 0.0983. The molecule has 10 heteroatoms. The van der Waals surface area contributed by atoms with E-state index in [1.165, 1.54) is 23.5 Å². The summed E-state index contributed by atoms with van der Waals surface area (Å²) in [6.45, 7) is 7.33. The summed E-state index contributed by atoms with van der Waals surface area (Å²) in [5.74, 6) is 1.55. The molecule has 1 fully saturated rings. The fourth-order valence-electron chi connectivity index (χ4n) is 5.04. The number of thiazole rings is 1. The number of benzene rings is 2. The van der Waals surface area contributed by atoms with Gasteiger partial charge in [0.2, 0.25) is 10.0 Å². The van der Waals surface area contributed by atoms with E-state index in [1.807, 2.05) is 19.1 Å². The van der Waals surface area contributed by atoms with Gasteiger partial charge in [-0.15, -0.1) is 0 Å². The van der Waals surface area contributed by atoms with Gasteiger partial charge in [-0.1, -0.05) is 31.3 Å². The van der Waals surface area contributed by atoms with E-state index in [2.05, 4.69) is 13.8 Å². The van der Waals surface area contributed by atoms with E-state index in [0.29, 0.717) is 52.6 Å². The third-order valence-electron chi connectivity index (χ3n) is 6.86. The molecule has 0 spiro atoms. The number of fused-ring (bicyclic) bond motifs is 1. The lowest BCUT2D eigenvalue weighted by Gasteiger charge is -2.34. The minimum Gasteiger partial charge on any atom is -0.494 e. The maximum atomic E-state index is 13.8. The molecule has 0 bridgehead atoms. The third kappa shape index (κ3) is 5.08. The number of rotatable bonds is 7. The zero-order chi connectivity index (χ0) is 27.0. The van der Waals surface area contributed by atoms with Gasteiger partial charge in [0.25, 0.3) is 5.91 Å². The molecule has 2 aromatic carbocycles. The van der Waals surface area contributed by atoms with Gasteiger partial charge in [0.05, 0.1) is 29.5 Å². The van der Waals surface area contributed by atoms with Crippen LogP contribution in [0.15, 0.2) is 64.1 Å². The van der Waals surface area contributed by atoms with Gasteiger partial charge < -0.3 is 9.15 Å². The zero-order valence-corrected chi connectivity index (χ0v) is 23.5. The minimum atomic E-state index is -3.64. The van der Waals surface area contributed by atoms with E-state index in [4.69, 9.17) is 14.1 Å². The van der Waals surface area contributed by atoms with Crippen LogP contribution in [0.5, 0.6) is 5.75 Å². The van der Waals surface area contributed by atoms with Crippen LogP contribution in [0, 0.1) is 18.8 Å². The summed E-state index contributed by atoms with van der Waals surface area (Å²) in [5.41, 5.74) is 2.08. The number of carbonyl (C=O) groups excluding carboxylic acids is 1. The first-order chi connectivity index (χ1) is 18.2. The fourth-order valence-corrected chi connectivity index (χ4v) is 7.77.